The molecule has 0 aromatic heterocycles. The molecule has 8 nitrogen and oxygen atoms in total. The summed E-state index contributed by atoms with van der Waals surface area (Å²) in [7, 11) is 1.33. The Kier molecular flexibility index (Phi) is 71.9. The van der Waals surface area contributed by atoms with Gasteiger partial charge in [-0.2, -0.15) is 0 Å². The van der Waals surface area contributed by atoms with Gasteiger partial charge in [0.05, 0.1) is 39.9 Å². The van der Waals surface area contributed by atoms with Crippen LogP contribution in [0, 0.1) is 0 Å². The lowest BCUT2D eigenvalue weighted by Crippen LogP contribution is -2.46. The molecule has 2 N–H and O–H groups in total. The molecule has 538 valence electrons. The molecule has 1 amide bonds. The molecule has 3 atom stereocenters. The van der Waals surface area contributed by atoms with Crippen molar-refractivity contribution in [1.29, 1.82) is 0 Å². The summed E-state index contributed by atoms with van der Waals surface area (Å²) in [6.07, 6.45) is 95.0. The third-order valence-electron chi connectivity index (χ3n) is 19.5. The van der Waals surface area contributed by atoms with Gasteiger partial charge in [0.1, 0.15) is 13.2 Å². The van der Waals surface area contributed by atoms with Crippen LogP contribution in [0.4, 0.5) is 0 Å². The summed E-state index contributed by atoms with van der Waals surface area (Å²) in [5.74, 6) is -0.152. The molecule has 90 heavy (non-hydrogen) atoms. The predicted molar refractivity (Wildman–Crippen MR) is 395 cm³/mol. The molecule has 0 radical (unpaired) electrons. The van der Waals surface area contributed by atoms with E-state index in [0.29, 0.717) is 23.9 Å². The number of unbranched alkanes of at least 4 members (excludes halogenated alkanes) is 63. The number of aliphatic hydroxyl groups is 1. The molecule has 0 aromatic carbocycles. The summed E-state index contributed by atoms with van der Waals surface area (Å²) < 4.78 is 23.6. The lowest BCUT2D eigenvalue weighted by molar-refractivity contribution is -0.870. The molecule has 0 aliphatic carbocycles. The second-order valence-electron chi connectivity index (χ2n) is 29.8. The van der Waals surface area contributed by atoms with Crippen molar-refractivity contribution < 1.29 is 32.9 Å². The number of allylic oxidation sites excluding steroid dienone is 2. The van der Waals surface area contributed by atoms with Gasteiger partial charge in [0.2, 0.25) is 5.91 Å². The zero-order chi connectivity index (χ0) is 65.5. The van der Waals surface area contributed by atoms with Crippen LogP contribution < -0.4 is 10.2 Å². The van der Waals surface area contributed by atoms with E-state index in [4.69, 9.17) is 9.05 Å². The topological polar surface area (TPSA) is 108 Å². The number of rotatable bonds is 78. The van der Waals surface area contributed by atoms with E-state index in [9.17, 15) is 19.4 Å². The number of nitrogens with zero attached hydrogens (tertiary/aromatic N) is 1. The summed E-state index contributed by atoms with van der Waals surface area (Å²) in [5.41, 5.74) is 0. The molecule has 0 saturated heterocycles. The van der Waals surface area contributed by atoms with E-state index in [1.165, 1.54) is 385 Å². The Labute approximate surface area is 564 Å². The number of amides is 1. The van der Waals surface area contributed by atoms with Crippen molar-refractivity contribution in [3.05, 3.63) is 12.2 Å². The van der Waals surface area contributed by atoms with Gasteiger partial charge in [0.15, 0.2) is 0 Å². The third kappa shape index (κ3) is 74.6. The van der Waals surface area contributed by atoms with Crippen molar-refractivity contribution in [2.24, 2.45) is 0 Å². The molecule has 0 aliphatic rings. The number of phosphoric ester groups is 1. The Hall–Kier alpha value is -0.760. The van der Waals surface area contributed by atoms with E-state index in [1.54, 1.807) is 0 Å². The highest BCUT2D eigenvalue weighted by atomic mass is 31.2. The highest BCUT2D eigenvalue weighted by Gasteiger charge is 2.24. The zero-order valence-corrected chi connectivity index (χ0v) is 62.8. The summed E-state index contributed by atoms with van der Waals surface area (Å²) in [6.45, 7) is 4.80. The summed E-state index contributed by atoms with van der Waals surface area (Å²) in [6, 6.07) is -0.799. The first-order valence-electron chi connectivity index (χ1n) is 41.0. The molecule has 0 spiro atoms. The van der Waals surface area contributed by atoms with Crippen LogP contribution in [0.5, 0.6) is 0 Å². The van der Waals surface area contributed by atoms with Gasteiger partial charge in [0.25, 0.3) is 7.82 Å². The maximum absolute atomic E-state index is 13.1. The summed E-state index contributed by atoms with van der Waals surface area (Å²) in [5, 5.41) is 14.1. The van der Waals surface area contributed by atoms with Crippen LogP contribution in [0.15, 0.2) is 12.2 Å². The molecule has 0 heterocycles. The first kappa shape index (κ1) is 89.2. The molecule has 0 aromatic rings. The number of carbonyl (C=O) groups excluding carboxylic acids is 1. The van der Waals surface area contributed by atoms with Crippen molar-refractivity contribution in [2.45, 2.75) is 463 Å². The van der Waals surface area contributed by atoms with Gasteiger partial charge >= 0.3 is 0 Å². The second-order valence-corrected chi connectivity index (χ2v) is 31.3. The molecule has 3 unspecified atom stereocenters. The normalized spacial score (nSPS) is 13.5. The van der Waals surface area contributed by atoms with E-state index < -0.39 is 20.0 Å². The second kappa shape index (κ2) is 72.5. The quantitative estimate of drug-likeness (QED) is 0.0272. The molecule has 0 rings (SSSR count). The van der Waals surface area contributed by atoms with Crippen LogP contribution >= 0.6 is 7.82 Å². The smallest absolute Gasteiger partial charge is 0.268 e. The Bertz CT molecular complexity index is 1470. The molecular weight excluding hydrogens is 1130 g/mol. The van der Waals surface area contributed by atoms with Crippen LogP contribution in [0.3, 0.4) is 0 Å². The standard InChI is InChI=1S/C81H163N2O6P/c1-6-8-10-12-14-16-18-20-22-24-26-28-30-32-34-35-36-37-38-39-40-41-42-43-44-45-46-47-49-51-53-55-57-59-61-63-65-67-69-71-73-75-81(85)82-79(78-89-90(86,87)88-77-76-83(3,4)5)80(84)74-72-70-68-66-64-62-60-58-56-54-52-50-48-33-31-29-27-25-23-21-19-17-15-13-11-9-7-2/h24,26,79-80,84H,6-23,25,27-78H2,1-5H3,(H-,82,85,86,87)/b26-24-. The number of hydrogen-bond donors (Lipinski definition) is 2. The lowest BCUT2D eigenvalue weighted by atomic mass is 10.0. The number of nitrogens with one attached hydrogen (secondary N) is 1. The fraction of sp³-hybridized carbons (Fsp3) is 0.963. The van der Waals surface area contributed by atoms with Gasteiger partial charge in [-0.15, -0.1) is 0 Å². The minimum Gasteiger partial charge on any atom is -0.756 e. The average Bonchev–Trinajstić information content (AvgIpc) is 3.09. The van der Waals surface area contributed by atoms with E-state index in [2.05, 4.69) is 31.3 Å². The largest absolute Gasteiger partial charge is 0.756 e. The van der Waals surface area contributed by atoms with Crippen molar-refractivity contribution in [3.63, 3.8) is 0 Å². The fourth-order valence-electron chi connectivity index (χ4n) is 13.2. The van der Waals surface area contributed by atoms with Crippen LogP contribution in [-0.2, 0) is 18.4 Å². The molecule has 0 fully saturated rings. The van der Waals surface area contributed by atoms with Crippen molar-refractivity contribution in [1.82, 2.24) is 5.32 Å². The van der Waals surface area contributed by atoms with Gasteiger partial charge in [-0.3, -0.25) is 9.36 Å². The van der Waals surface area contributed by atoms with E-state index in [-0.39, 0.29) is 19.1 Å². The average molecular weight is 1290 g/mol. The van der Waals surface area contributed by atoms with Crippen LogP contribution in [0.1, 0.15) is 450 Å². The maximum atomic E-state index is 13.1. The molecule has 0 saturated carbocycles. The minimum atomic E-state index is -4.58. The van der Waals surface area contributed by atoms with Crippen molar-refractivity contribution >= 4 is 13.7 Å². The van der Waals surface area contributed by atoms with Gasteiger partial charge in [-0.25, -0.2) is 0 Å². The highest BCUT2D eigenvalue weighted by molar-refractivity contribution is 7.45. The Morgan fingerprint density at radius 1 is 0.378 bits per heavy atom. The third-order valence-corrected chi connectivity index (χ3v) is 20.5. The number of likely N-dealkylation sites (N-methyl/N-ethyl adjacent to an activating group) is 1. The molecule has 0 bridgehead atoms. The Morgan fingerprint density at radius 3 is 0.867 bits per heavy atom. The van der Waals surface area contributed by atoms with E-state index in [1.807, 2.05) is 21.1 Å². The lowest BCUT2D eigenvalue weighted by Gasteiger charge is -2.30. The first-order valence-corrected chi connectivity index (χ1v) is 42.5. The molecule has 0 aliphatic heterocycles. The van der Waals surface area contributed by atoms with Crippen molar-refractivity contribution in [2.75, 3.05) is 40.9 Å². The number of hydrogen-bond acceptors (Lipinski definition) is 6. The van der Waals surface area contributed by atoms with Crippen molar-refractivity contribution in [3.8, 4) is 0 Å². The van der Waals surface area contributed by atoms with E-state index in [0.717, 1.165) is 38.5 Å². The Morgan fingerprint density at radius 2 is 0.611 bits per heavy atom. The Balaban J connectivity index is 3.85. The van der Waals surface area contributed by atoms with Gasteiger partial charge in [-0.1, -0.05) is 418 Å². The van der Waals surface area contributed by atoms with Gasteiger partial charge in [-0.05, 0) is 38.5 Å². The minimum absolute atomic E-state index is 0.0165. The SMILES string of the molecule is CCCCCCCCCC/C=C\CCCCCCCCCCCCCCCCCCCCCCCCCCCCCCCC(=O)NC(COP(=O)([O-])OCC[N+](C)(C)C)C(O)CCCCCCCCCCCCCCCCCCCCCCCCCCCCC. The zero-order valence-electron chi connectivity index (χ0n) is 61.9. The van der Waals surface area contributed by atoms with Gasteiger partial charge < -0.3 is 28.8 Å². The monoisotopic (exact) mass is 1290 g/mol. The van der Waals surface area contributed by atoms with E-state index >= 15 is 0 Å². The first-order chi connectivity index (χ1) is 44.0. The van der Waals surface area contributed by atoms with Crippen LogP contribution in [-0.4, -0.2) is 68.5 Å². The predicted octanol–water partition coefficient (Wildman–Crippen LogP) is 26.2. The number of carbonyl (C=O) groups is 1. The summed E-state index contributed by atoms with van der Waals surface area (Å²) >= 11 is 0. The number of aliphatic hydroxyl groups excluding tert-OH is 1. The highest BCUT2D eigenvalue weighted by Crippen LogP contribution is 2.38. The number of phosphoric acid groups is 1. The summed E-state index contributed by atoms with van der Waals surface area (Å²) in [4.78, 5) is 25.7. The van der Waals surface area contributed by atoms with Crippen LogP contribution in [0.2, 0.25) is 0 Å². The van der Waals surface area contributed by atoms with Crippen LogP contribution in [0.25, 0.3) is 0 Å². The van der Waals surface area contributed by atoms with Gasteiger partial charge in [0, 0.05) is 6.42 Å². The molecular formula is C81H163N2O6P. The maximum Gasteiger partial charge on any atom is 0.268 e. The molecule has 9 heteroatoms. The number of quaternary nitrogens is 1. The fourth-order valence-corrected chi connectivity index (χ4v) is 13.9.